The maximum atomic E-state index is 11.9. The van der Waals surface area contributed by atoms with Gasteiger partial charge in [-0.2, -0.15) is 0 Å². The number of pyridine rings is 1. The number of aromatic nitrogens is 1. The molecule has 0 radical (unpaired) electrons. The highest BCUT2D eigenvalue weighted by Gasteiger charge is 2.28. The quantitative estimate of drug-likeness (QED) is 0.690. The van der Waals surface area contributed by atoms with Crippen LogP contribution in [0.1, 0.15) is 39.3 Å². The zero-order valence-electron chi connectivity index (χ0n) is 9.95. The number of nitrogens with one attached hydrogen (secondary N) is 1. The number of nitrogens with zero attached hydrogens (tertiary/aromatic N) is 1. The predicted molar refractivity (Wildman–Crippen MR) is 71.4 cm³/mol. The molecule has 2 atom stereocenters. The maximum absolute atomic E-state index is 11.9. The molecule has 3 nitrogen and oxygen atoms in total. The first kappa shape index (κ1) is 14.0. The smallest absolute Gasteiger partial charge is 0.136 e. The van der Waals surface area contributed by atoms with E-state index >= 15 is 0 Å². The fraction of sp³-hybridized carbons (Fsp3) is 0.545. The van der Waals surface area contributed by atoms with Gasteiger partial charge in [0.1, 0.15) is 9.35 Å². The first-order chi connectivity index (χ1) is 7.30. The van der Waals surface area contributed by atoms with Crippen molar-refractivity contribution in [1.29, 1.82) is 0 Å². The lowest BCUT2D eigenvalue weighted by atomic mass is 10.1. The predicted octanol–water partition coefficient (Wildman–Crippen LogP) is 2.96. The van der Waals surface area contributed by atoms with E-state index in [4.69, 9.17) is 0 Å². The largest absolute Gasteiger partial charge is 0.598 e. The third-order valence-corrected chi connectivity index (χ3v) is 4.20. The van der Waals surface area contributed by atoms with E-state index in [1.54, 1.807) is 6.20 Å². The topological polar surface area (TPSA) is 48.0 Å². The van der Waals surface area contributed by atoms with Crippen LogP contribution < -0.4 is 4.72 Å². The minimum Gasteiger partial charge on any atom is -0.598 e. The number of halogens is 1. The van der Waals surface area contributed by atoms with Crippen molar-refractivity contribution < 1.29 is 4.55 Å². The molecule has 0 aliphatic rings. The van der Waals surface area contributed by atoms with Crippen LogP contribution in [0, 0.1) is 0 Å². The summed E-state index contributed by atoms with van der Waals surface area (Å²) in [6.45, 7) is 7.84. The second kappa shape index (κ2) is 5.49. The van der Waals surface area contributed by atoms with Crippen molar-refractivity contribution in [1.82, 2.24) is 9.71 Å². The van der Waals surface area contributed by atoms with Gasteiger partial charge in [-0.05, 0) is 61.3 Å². The molecule has 0 amide bonds. The summed E-state index contributed by atoms with van der Waals surface area (Å²) in [5.41, 5.74) is 1.07. The Morgan fingerprint density at radius 1 is 1.50 bits per heavy atom. The second-order valence-corrected chi connectivity index (χ2v) is 7.44. The molecule has 1 aromatic rings. The molecule has 5 heteroatoms. The summed E-state index contributed by atoms with van der Waals surface area (Å²) >= 11 is 2.26. The molecule has 0 fully saturated rings. The van der Waals surface area contributed by atoms with Crippen molar-refractivity contribution in [2.45, 2.75) is 38.5 Å². The summed E-state index contributed by atoms with van der Waals surface area (Å²) in [6.07, 6.45) is 1.73. The Labute approximate surface area is 108 Å². The number of hydrogen-bond acceptors (Lipinski definition) is 3. The van der Waals surface area contributed by atoms with Gasteiger partial charge in [-0.3, -0.25) is 0 Å². The van der Waals surface area contributed by atoms with Crippen LogP contribution in [0.25, 0.3) is 0 Å². The van der Waals surface area contributed by atoms with Crippen LogP contribution in [-0.4, -0.2) is 14.3 Å². The van der Waals surface area contributed by atoms with Crippen molar-refractivity contribution in [3.05, 3.63) is 28.5 Å². The van der Waals surface area contributed by atoms with Gasteiger partial charge in [-0.1, -0.05) is 0 Å². The maximum Gasteiger partial charge on any atom is 0.136 e. The molecule has 0 aromatic carbocycles. The first-order valence-corrected chi connectivity index (χ1v) is 7.04. The fourth-order valence-corrected chi connectivity index (χ4v) is 2.29. The molecule has 0 saturated carbocycles. The van der Waals surface area contributed by atoms with Crippen molar-refractivity contribution >= 4 is 27.3 Å². The van der Waals surface area contributed by atoms with Crippen LogP contribution in [0.2, 0.25) is 0 Å². The first-order valence-electron chi connectivity index (χ1n) is 5.10. The molecule has 1 unspecified atom stereocenters. The Bertz CT molecular complexity index is 354. The molecule has 0 saturated heterocycles. The summed E-state index contributed by atoms with van der Waals surface area (Å²) in [6, 6.07) is 3.89. The number of rotatable bonds is 3. The molecule has 1 heterocycles. The van der Waals surface area contributed by atoms with Gasteiger partial charge in [0.15, 0.2) is 0 Å². The lowest BCUT2D eigenvalue weighted by Crippen LogP contribution is -2.40. The normalized spacial score (nSPS) is 15.9. The Kier molecular flexibility index (Phi) is 4.79. The summed E-state index contributed by atoms with van der Waals surface area (Å²) in [4.78, 5) is 4.06. The Morgan fingerprint density at radius 2 is 2.12 bits per heavy atom. The third-order valence-electron chi connectivity index (χ3n) is 2.09. The van der Waals surface area contributed by atoms with E-state index in [0.717, 1.165) is 10.2 Å². The molecular formula is C11H17BrN2OS. The van der Waals surface area contributed by atoms with E-state index < -0.39 is 11.4 Å². The second-order valence-electron chi connectivity index (χ2n) is 4.63. The lowest BCUT2D eigenvalue weighted by molar-refractivity contribution is 0.531. The van der Waals surface area contributed by atoms with Crippen LogP contribution >= 0.6 is 15.9 Å². The van der Waals surface area contributed by atoms with E-state index in [0.29, 0.717) is 0 Å². The lowest BCUT2D eigenvalue weighted by Gasteiger charge is -2.26. The summed E-state index contributed by atoms with van der Waals surface area (Å²) in [5, 5.41) is 0. The molecule has 1 aromatic heterocycles. The van der Waals surface area contributed by atoms with E-state index in [2.05, 4.69) is 25.6 Å². The van der Waals surface area contributed by atoms with Crippen LogP contribution in [0.15, 0.2) is 22.9 Å². The highest BCUT2D eigenvalue weighted by atomic mass is 79.9. The molecule has 0 aliphatic carbocycles. The van der Waals surface area contributed by atoms with E-state index in [9.17, 15) is 4.55 Å². The standard InChI is InChI=1S/C11H17BrN2OS/c1-8(14-16(15)11(2,3)4)9-5-6-13-10(12)7-9/h5-8,14H,1-4H3/t8-,16?/m0/s1. The SMILES string of the molecule is C[C@H](N[S+]([O-])C(C)(C)C)c1ccnc(Br)c1. The minimum absolute atomic E-state index is 0.0411. The van der Waals surface area contributed by atoms with Crippen LogP contribution in [0.5, 0.6) is 0 Å². The van der Waals surface area contributed by atoms with Crippen LogP contribution in [0.3, 0.4) is 0 Å². The van der Waals surface area contributed by atoms with Crippen LogP contribution in [-0.2, 0) is 11.4 Å². The fourth-order valence-electron chi connectivity index (χ4n) is 1.09. The van der Waals surface area contributed by atoms with Crippen molar-refractivity contribution in [3.63, 3.8) is 0 Å². The molecule has 0 spiro atoms. The monoisotopic (exact) mass is 304 g/mol. The zero-order valence-corrected chi connectivity index (χ0v) is 12.4. The van der Waals surface area contributed by atoms with E-state index in [-0.39, 0.29) is 10.8 Å². The van der Waals surface area contributed by atoms with E-state index in [1.807, 2.05) is 39.8 Å². The summed E-state index contributed by atoms with van der Waals surface area (Å²) in [7, 11) is 0. The molecule has 16 heavy (non-hydrogen) atoms. The Hall–Kier alpha value is -0.100. The van der Waals surface area contributed by atoms with Gasteiger partial charge in [0, 0.05) is 17.6 Å². The molecule has 0 aliphatic heterocycles. The zero-order chi connectivity index (χ0) is 12.3. The average Bonchev–Trinajstić information content (AvgIpc) is 2.16. The average molecular weight is 305 g/mol. The van der Waals surface area contributed by atoms with Crippen LogP contribution in [0.4, 0.5) is 0 Å². The van der Waals surface area contributed by atoms with Gasteiger partial charge >= 0.3 is 0 Å². The molecule has 1 N–H and O–H groups in total. The van der Waals surface area contributed by atoms with Gasteiger partial charge in [0.2, 0.25) is 0 Å². The van der Waals surface area contributed by atoms with Crippen molar-refractivity contribution in [2.24, 2.45) is 0 Å². The molecule has 0 bridgehead atoms. The van der Waals surface area contributed by atoms with Crippen molar-refractivity contribution in [2.75, 3.05) is 0 Å². The summed E-state index contributed by atoms with van der Waals surface area (Å²) in [5.74, 6) is 0. The van der Waals surface area contributed by atoms with Gasteiger partial charge in [-0.15, -0.1) is 4.72 Å². The molecule has 1 rings (SSSR count). The van der Waals surface area contributed by atoms with Gasteiger partial charge < -0.3 is 4.55 Å². The summed E-state index contributed by atoms with van der Waals surface area (Å²) < 4.78 is 15.5. The third kappa shape index (κ3) is 4.05. The highest BCUT2D eigenvalue weighted by Crippen LogP contribution is 2.20. The van der Waals surface area contributed by atoms with Gasteiger partial charge in [-0.25, -0.2) is 4.98 Å². The highest BCUT2D eigenvalue weighted by molar-refractivity contribution is 9.10. The van der Waals surface area contributed by atoms with Crippen molar-refractivity contribution in [3.8, 4) is 0 Å². The minimum atomic E-state index is -1.06. The Balaban J connectivity index is 2.69. The molecular weight excluding hydrogens is 288 g/mol. The van der Waals surface area contributed by atoms with E-state index in [1.165, 1.54) is 0 Å². The Morgan fingerprint density at radius 3 is 2.62 bits per heavy atom. The van der Waals surface area contributed by atoms with Gasteiger partial charge in [0.25, 0.3) is 0 Å². The number of hydrogen-bond donors (Lipinski definition) is 1. The van der Waals surface area contributed by atoms with Gasteiger partial charge in [0.05, 0.1) is 6.04 Å². The molecule has 90 valence electrons.